The molecule has 0 heterocycles. The molecule has 14 heavy (non-hydrogen) atoms. The van der Waals surface area contributed by atoms with E-state index in [4.69, 9.17) is 0 Å². The number of hydrogen-bond acceptors (Lipinski definition) is 1. The lowest BCUT2D eigenvalue weighted by atomic mass is 9.74. The molecule has 0 aromatic rings. The second-order valence-corrected chi connectivity index (χ2v) is 5.19. The second kappa shape index (κ2) is 3.52. The number of rotatable bonds is 1. The van der Waals surface area contributed by atoms with Crippen LogP contribution in [0.15, 0.2) is 11.1 Å². The quantitative estimate of drug-likeness (QED) is 0.622. The lowest BCUT2D eigenvalue weighted by Crippen LogP contribution is -2.21. The average molecular weight is 192 g/mol. The van der Waals surface area contributed by atoms with Crippen molar-refractivity contribution in [3.8, 4) is 0 Å². The van der Waals surface area contributed by atoms with Gasteiger partial charge in [0.1, 0.15) is 0 Å². The van der Waals surface area contributed by atoms with Crippen LogP contribution in [0.25, 0.3) is 0 Å². The Hall–Kier alpha value is -0.590. The molecule has 1 nitrogen and oxygen atoms in total. The molecule has 0 bridgehead atoms. The standard InChI is InChI=1S/C13H20O/c1-8(2)10-5-4-9(3)13-11(10)6-7-12(13)14/h8-10H,4-7H2,1-3H3/t9-,10+/m1/s1. The van der Waals surface area contributed by atoms with Gasteiger partial charge in [0.15, 0.2) is 5.78 Å². The third-order valence-corrected chi connectivity index (χ3v) is 3.92. The number of allylic oxidation sites excluding steroid dienone is 2. The maximum Gasteiger partial charge on any atom is 0.159 e. The Balaban J connectivity index is 2.35. The third-order valence-electron chi connectivity index (χ3n) is 3.92. The van der Waals surface area contributed by atoms with Gasteiger partial charge in [-0.1, -0.05) is 26.3 Å². The zero-order chi connectivity index (χ0) is 10.3. The molecule has 78 valence electrons. The van der Waals surface area contributed by atoms with Crippen molar-refractivity contribution in [1.82, 2.24) is 0 Å². The minimum atomic E-state index is 0.442. The van der Waals surface area contributed by atoms with Gasteiger partial charge in [-0.3, -0.25) is 4.79 Å². The summed E-state index contributed by atoms with van der Waals surface area (Å²) in [6.07, 6.45) is 4.36. The molecule has 0 N–H and O–H groups in total. The third kappa shape index (κ3) is 1.43. The number of ketones is 1. The van der Waals surface area contributed by atoms with E-state index < -0.39 is 0 Å². The SMILES string of the molecule is CC(C)[C@@H]1CC[C@@H](C)C2=C1CCC2=O. The Labute approximate surface area is 86.6 Å². The molecule has 0 saturated carbocycles. The first-order valence-electron chi connectivity index (χ1n) is 5.87. The molecule has 0 spiro atoms. The molecule has 2 aliphatic carbocycles. The smallest absolute Gasteiger partial charge is 0.159 e. The molecule has 2 aliphatic rings. The van der Waals surface area contributed by atoms with Gasteiger partial charge >= 0.3 is 0 Å². The summed E-state index contributed by atoms with van der Waals surface area (Å²) in [7, 11) is 0. The molecule has 1 heteroatoms. The van der Waals surface area contributed by atoms with Gasteiger partial charge in [0, 0.05) is 6.42 Å². The first kappa shape index (κ1) is 9.95. The number of Topliss-reactive ketones (excluding diaryl/α,β-unsaturated/α-hetero) is 1. The zero-order valence-corrected chi connectivity index (χ0v) is 9.47. The molecule has 0 amide bonds. The summed E-state index contributed by atoms with van der Waals surface area (Å²) in [5.74, 6) is 2.39. The highest BCUT2D eigenvalue weighted by Gasteiger charge is 2.35. The molecule has 2 atom stereocenters. The van der Waals surface area contributed by atoms with E-state index in [1.165, 1.54) is 24.0 Å². The number of carbonyl (C=O) groups excluding carboxylic acids is 1. The Morgan fingerprint density at radius 3 is 2.57 bits per heavy atom. The van der Waals surface area contributed by atoms with Crippen LogP contribution in [0.3, 0.4) is 0 Å². The van der Waals surface area contributed by atoms with Crippen LogP contribution in [-0.2, 0) is 4.79 Å². The van der Waals surface area contributed by atoms with Gasteiger partial charge in [0.25, 0.3) is 0 Å². The van der Waals surface area contributed by atoms with Crippen LogP contribution in [0.4, 0.5) is 0 Å². The molecular weight excluding hydrogens is 172 g/mol. The van der Waals surface area contributed by atoms with E-state index >= 15 is 0 Å². The van der Waals surface area contributed by atoms with Gasteiger partial charge < -0.3 is 0 Å². The van der Waals surface area contributed by atoms with Gasteiger partial charge in [-0.2, -0.15) is 0 Å². The van der Waals surface area contributed by atoms with E-state index in [9.17, 15) is 4.79 Å². The molecule has 2 rings (SSSR count). The minimum Gasteiger partial charge on any atom is -0.295 e. The molecule has 0 aromatic carbocycles. The first-order chi connectivity index (χ1) is 6.61. The molecular formula is C13H20O. The van der Waals surface area contributed by atoms with Crippen LogP contribution in [0.2, 0.25) is 0 Å². The van der Waals surface area contributed by atoms with Gasteiger partial charge in [-0.25, -0.2) is 0 Å². The van der Waals surface area contributed by atoms with E-state index in [0.717, 1.165) is 12.8 Å². The number of carbonyl (C=O) groups is 1. The predicted molar refractivity (Wildman–Crippen MR) is 58.0 cm³/mol. The maximum absolute atomic E-state index is 11.7. The number of hydrogen-bond donors (Lipinski definition) is 0. The van der Waals surface area contributed by atoms with Crippen molar-refractivity contribution in [2.75, 3.05) is 0 Å². The molecule has 0 saturated heterocycles. The Kier molecular flexibility index (Phi) is 2.50. The van der Waals surface area contributed by atoms with E-state index in [-0.39, 0.29) is 0 Å². The lowest BCUT2D eigenvalue weighted by molar-refractivity contribution is -0.115. The minimum absolute atomic E-state index is 0.442. The average Bonchev–Trinajstić information content (AvgIpc) is 2.49. The topological polar surface area (TPSA) is 17.1 Å². The van der Waals surface area contributed by atoms with E-state index in [1.807, 2.05) is 0 Å². The largest absolute Gasteiger partial charge is 0.295 e. The van der Waals surface area contributed by atoms with E-state index in [1.54, 1.807) is 0 Å². The summed E-state index contributed by atoms with van der Waals surface area (Å²) in [6.45, 7) is 6.79. The summed E-state index contributed by atoms with van der Waals surface area (Å²) in [4.78, 5) is 11.7. The first-order valence-corrected chi connectivity index (χ1v) is 5.87. The summed E-state index contributed by atoms with van der Waals surface area (Å²) < 4.78 is 0. The normalized spacial score (nSPS) is 32.7. The second-order valence-electron chi connectivity index (χ2n) is 5.19. The molecule has 0 unspecified atom stereocenters. The summed E-state index contributed by atoms with van der Waals surface area (Å²) >= 11 is 0. The fraction of sp³-hybridized carbons (Fsp3) is 0.769. The Morgan fingerprint density at radius 2 is 1.93 bits per heavy atom. The molecule has 0 radical (unpaired) electrons. The Morgan fingerprint density at radius 1 is 1.21 bits per heavy atom. The predicted octanol–water partition coefficient (Wildman–Crippen LogP) is 3.35. The van der Waals surface area contributed by atoms with Crippen LogP contribution >= 0.6 is 0 Å². The summed E-state index contributed by atoms with van der Waals surface area (Å²) in [6, 6.07) is 0. The van der Waals surface area contributed by atoms with Crippen molar-refractivity contribution in [3.05, 3.63) is 11.1 Å². The molecule has 0 aliphatic heterocycles. The van der Waals surface area contributed by atoms with Crippen molar-refractivity contribution in [1.29, 1.82) is 0 Å². The monoisotopic (exact) mass is 192 g/mol. The Bertz CT molecular complexity index is 286. The summed E-state index contributed by atoms with van der Waals surface area (Å²) in [5.41, 5.74) is 2.73. The molecule has 0 aromatic heterocycles. The van der Waals surface area contributed by atoms with Crippen molar-refractivity contribution in [2.24, 2.45) is 17.8 Å². The van der Waals surface area contributed by atoms with Crippen molar-refractivity contribution >= 4 is 5.78 Å². The van der Waals surface area contributed by atoms with Gasteiger partial charge in [0.05, 0.1) is 0 Å². The van der Waals surface area contributed by atoms with Crippen molar-refractivity contribution in [3.63, 3.8) is 0 Å². The van der Waals surface area contributed by atoms with Crippen LogP contribution < -0.4 is 0 Å². The van der Waals surface area contributed by atoms with Crippen LogP contribution in [0, 0.1) is 17.8 Å². The summed E-state index contributed by atoms with van der Waals surface area (Å²) in [5, 5.41) is 0. The van der Waals surface area contributed by atoms with Crippen molar-refractivity contribution < 1.29 is 4.79 Å². The highest BCUT2D eigenvalue weighted by atomic mass is 16.1. The van der Waals surface area contributed by atoms with Crippen LogP contribution in [0.5, 0.6) is 0 Å². The fourth-order valence-electron chi connectivity index (χ4n) is 3.16. The highest BCUT2D eigenvalue weighted by Crippen LogP contribution is 2.44. The van der Waals surface area contributed by atoms with Crippen LogP contribution in [-0.4, -0.2) is 5.78 Å². The highest BCUT2D eigenvalue weighted by molar-refractivity contribution is 5.99. The van der Waals surface area contributed by atoms with E-state index in [0.29, 0.717) is 23.5 Å². The van der Waals surface area contributed by atoms with Crippen LogP contribution in [0.1, 0.15) is 46.5 Å². The zero-order valence-electron chi connectivity index (χ0n) is 9.47. The van der Waals surface area contributed by atoms with Gasteiger partial charge in [0.2, 0.25) is 0 Å². The van der Waals surface area contributed by atoms with E-state index in [2.05, 4.69) is 20.8 Å². The van der Waals surface area contributed by atoms with Crippen molar-refractivity contribution in [2.45, 2.75) is 46.5 Å². The fourth-order valence-corrected chi connectivity index (χ4v) is 3.16. The maximum atomic E-state index is 11.7. The molecule has 0 fully saturated rings. The van der Waals surface area contributed by atoms with Gasteiger partial charge in [-0.05, 0) is 42.6 Å². The van der Waals surface area contributed by atoms with Gasteiger partial charge in [-0.15, -0.1) is 0 Å². The lowest BCUT2D eigenvalue weighted by Gasteiger charge is -2.31.